The molecule has 4 unspecified atom stereocenters. The average Bonchev–Trinajstić information content (AvgIpc) is 3.27. The Labute approximate surface area is 402 Å². The van der Waals surface area contributed by atoms with Crippen molar-refractivity contribution in [3.05, 3.63) is 0 Å². The Balaban J connectivity index is 5.37. The summed E-state index contributed by atoms with van der Waals surface area (Å²) in [7, 11) is -9.63. The molecule has 4 atom stereocenters. The number of esters is 1. The van der Waals surface area contributed by atoms with Crippen molar-refractivity contribution in [2.75, 3.05) is 32.9 Å². The fraction of sp³-hybridized carbons (Fsp3) is 0.894. The summed E-state index contributed by atoms with van der Waals surface area (Å²) in [6.45, 7) is 4.44. The summed E-state index contributed by atoms with van der Waals surface area (Å²) in [6.07, 6.45) is 28.0. The first-order valence-corrected chi connectivity index (χ1v) is 28.7. The monoisotopic (exact) mass is 1000 g/mol. The first-order chi connectivity index (χ1) is 32.0. The number of carbonyl (C=O) groups is 5. The van der Waals surface area contributed by atoms with Crippen LogP contribution >= 0.6 is 15.6 Å². The number of hydrogen-bond donors (Lipinski definition) is 7. The molecule has 0 aromatic heterocycles. The van der Waals surface area contributed by atoms with E-state index in [9.17, 15) is 43.1 Å². The molecule has 0 bridgehead atoms. The number of phosphoric acid groups is 2. The highest BCUT2D eigenvalue weighted by Crippen LogP contribution is 2.43. The fourth-order valence-electron chi connectivity index (χ4n) is 7.44. The predicted octanol–water partition coefficient (Wildman–Crippen LogP) is 9.71. The average molecular weight is 1000 g/mol. The van der Waals surface area contributed by atoms with Gasteiger partial charge in [0.1, 0.15) is 18.1 Å². The molecule has 67 heavy (non-hydrogen) atoms. The van der Waals surface area contributed by atoms with Gasteiger partial charge in [-0.15, -0.1) is 0 Å². The van der Waals surface area contributed by atoms with Gasteiger partial charge in [-0.05, 0) is 38.5 Å². The van der Waals surface area contributed by atoms with E-state index < -0.39 is 83.8 Å². The molecule has 0 aliphatic carbocycles. The van der Waals surface area contributed by atoms with Gasteiger partial charge in [-0.25, -0.2) is 9.13 Å². The van der Waals surface area contributed by atoms with Gasteiger partial charge in [0, 0.05) is 32.4 Å². The van der Waals surface area contributed by atoms with E-state index in [1.807, 2.05) is 0 Å². The molecule has 3 amide bonds. The Morgan fingerprint density at radius 1 is 0.507 bits per heavy atom. The molecule has 0 saturated heterocycles. The van der Waals surface area contributed by atoms with E-state index in [0.29, 0.717) is 25.7 Å². The summed E-state index contributed by atoms with van der Waals surface area (Å²) < 4.78 is 43.9. The van der Waals surface area contributed by atoms with E-state index in [-0.39, 0.29) is 31.8 Å². The fourth-order valence-corrected chi connectivity index (χ4v) is 8.54. The van der Waals surface area contributed by atoms with Crippen LogP contribution in [-0.4, -0.2) is 94.5 Å². The summed E-state index contributed by atoms with van der Waals surface area (Å²) in [5, 5.41) is 17.1. The second-order valence-electron chi connectivity index (χ2n) is 17.6. The lowest BCUT2D eigenvalue weighted by molar-refractivity contribution is -0.150. The zero-order valence-electron chi connectivity index (χ0n) is 41.4. The molecule has 7 N–H and O–H groups in total. The van der Waals surface area contributed by atoms with Gasteiger partial charge in [0.2, 0.25) is 17.7 Å². The molecule has 18 nitrogen and oxygen atoms in total. The standard InChI is InChI=1S/C47H91N3O15P2/c1-4-7-10-13-15-17-18-20-21-24-27-32-43(51)50-42(39-64-67(60,61)63-38-36-49-45(53)41(47(55)56)31-29-37-62-66(57,58)59)46(54)48-35-34-40(30-26-23-12-9-6-3)65-44(52)33-28-25-22-19-16-14-11-8-5-2/h40-42H,4-39H2,1-3H3,(H,48,54)(H,49,53)(H,50,51)(H,55,56)(H,60,61)(H2,57,58,59). The second kappa shape index (κ2) is 42.4. The molecule has 0 aromatic rings. The minimum absolute atomic E-state index is 0.107. The van der Waals surface area contributed by atoms with E-state index >= 15 is 0 Å². The van der Waals surface area contributed by atoms with Crippen molar-refractivity contribution in [3.8, 4) is 0 Å². The summed E-state index contributed by atoms with van der Waals surface area (Å²) >= 11 is 0. The van der Waals surface area contributed by atoms with Crippen LogP contribution < -0.4 is 16.0 Å². The van der Waals surface area contributed by atoms with Crippen LogP contribution in [0.1, 0.15) is 220 Å². The van der Waals surface area contributed by atoms with Crippen LogP contribution in [0.15, 0.2) is 0 Å². The minimum Gasteiger partial charge on any atom is -0.481 e. The number of amides is 3. The molecule has 0 heterocycles. The lowest BCUT2D eigenvalue weighted by Crippen LogP contribution is -2.49. The van der Waals surface area contributed by atoms with Crippen molar-refractivity contribution in [1.29, 1.82) is 0 Å². The molecule has 0 spiro atoms. The van der Waals surface area contributed by atoms with E-state index in [0.717, 1.165) is 83.5 Å². The summed E-state index contributed by atoms with van der Waals surface area (Å²) in [5.41, 5.74) is 0. The van der Waals surface area contributed by atoms with Crippen LogP contribution in [0, 0.1) is 5.92 Å². The Bertz CT molecular complexity index is 1400. The van der Waals surface area contributed by atoms with Gasteiger partial charge in [-0.1, -0.05) is 162 Å². The number of rotatable bonds is 48. The van der Waals surface area contributed by atoms with Gasteiger partial charge in [0.25, 0.3) is 0 Å². The molecule has 0 rings (SSSR count). The summed E-state index contributed by atoms with van der Waals surface area (Å²) in [6, 6.07) is -1.38. The zero-order valence-corrected chi connectivity index (χ0v) is 43.2. The molecule has 0 aliphatic rings. The Kier molecular flexibility index (Phi) is 40.9. The highest BCUT2D eigenvalue weighted by atomic mass is 31.2. The lowest BCUT2D eigenvalue weighted by Gasteiger charge is -2.22. The van der Waals surface area contributed by atoms with E-state index in [4.69, 9.17) is 23.6 Å². The predicted molar refractivity (Wildman–Crippen MR) is 259 cm³/mol. The third-order valence-corrected chi connectivity index (χ3v) is 12.9. The van der Waals surface area contributed by atoms with Gasteiger partial charge in [-0.2, -0.15) is 0 Å². The Hall–Kier alpha value is -2.43. The van der Waals surface area contributed by atoms with Crippen LogP contribution in [0.4, 0.5) is 0 Å². The van der Waals surface area contributed by atoms with Crippen LogP contribution in [-0.2, 0) is 51.4 Å². The third-order valence-electron chi connectivity index (χ3n) is 11.4. The highest BCUT2D eigenvalue weighted by molar-refractivity contribution is 7.47. The number of carbonyl (C=O) groups excluding carboxylic acids is 4. The number of unbranched alkanes of at least 4 members (excludes halogenated alkanes) is 22. The molecule has 0 aromatic carbocycles. The number of carboxylic acid groups (broad SMARTS) is 1. The van der Waals surface area contributed by atoms with Gasteiger partial charge < -0.3 is 40.5 Å². The quantitative estimate of drug-likeness (QED) is 0.0129. The zero-order chi connectivity index (χ0) is 50.0. The van der Waals surface area contributed by atoms with Gasteiger partial charge in [0.05, 0.1) is 19.8 Å². The number of ether oxygens (including phenoxy) is 1. The van der Waals surface area contributed by atoms with E-state index in [1.54, 1.807) is 0 Å². The van der Waals surface area contributed by atoms with Crippen molar-refractivity contribution in [2.24, 2.45) is 5.92 Å². The summed E-state index contributed by atoms with van der Waals surface area (Å²) in [4.78, 5) is 91.5. The maximum atomic E-state index is 13.5. The SMILES string of the molecule is CCCCCCCCCCCCCC(=O)NC(COP(=O)(O)OCCNC(=O)C(CCCOP(=O)(O)O)C(=O)O)C(=O)NCCC(CCCCCCC)OC(=O)CCCCCCCCCCC. The van der Waals surface area contributed by atoms with Gasteiger partial charge in [0.15, 0.2) is 0 Å². The topological polar surface area (TPSA) is 273 Å². The number of aliphatic carboxylic acids is 1. The molecule has 0 saturated carbocycles. The van der Waals surface area contributed by atoms with Crippen molar-refractivity contribution in [2.45, 2.75) is 232 Å². The molecule has 0 fully saturated rings. The number of hydrogen-bond acceptors (Lipinski definition) is 11. The molecule has 0 radical (unpaired) electrons. The van der Waals surface area contributed by atoms with E-state index in [1.165, 1.54) is 70.6 Å². The van der Waals surface area contributed by atoms with Crippen molar-refractivity contribution in [3.63, 3.8) is 0 Å². The first-order valence-electron chi connectivity index (χ1n) is 25.6. The van der Waals surface area contributed by atoms with Crippen molar-refractivity contribution >= 4 is 45.3 Å². The summed E-state index contributed by atoms with van der Waals surface area (Å²) in [5.74, 6) is -5.43. The Morgan fingerprint density at radius 3 is 1.49 bits per heavy atom. The lowest BCUT2D eigenvalue weighted by atomic mass is 10.0. The van der Waals surface area contributed by atoms with Crippen LogP contribution in [0.2, 0.25) is 0 Å². The molecule has 20 heteroatoms. The number of phosphoric ester groups is 2. The maximum absolute atomic E-state index is 13.5. The third kappa shape index (κ3) is 41.1. The van der Waals surface area contributed by atoms with Crippen molar-refractivity contribution < 1.29 is 71.2 Å². The molecular formula is C47H91N3O15P2. The molecule has 0 aliphatic heterocycles. The normalized spacial score (nSPS) is 13.9. The van der Waals surface area contributed by atoms with E-state index in [2.05, 4.69) is 41.2 Å². The molecular weight excluding hydrogens is 908 g/mol. The minimum atomic E-state index is -4.87. The molecule has 394 valence electrons. The first kappa shape index (κ1) is 64.6. The smallest absolute Gasteiger partial charge is 0.472 e. The Morgan fingerprint density at radius 2 is 0.985 bits per heavy atom. The van der Waals surface area contributed by atoms with Gasteiger partial charge >= 0.3 is 27.6 Å². The second-order valence-corrected chi connectivity index (χ2v) is 20.3. The maximum Gasteiger partial charge on any atom is 0.472 e. The van der Waals surface area contributed by atoms with Crippen LogP contribution in [0.3, 0.4) is 0 Å². The highest BCUT2D eigenvalue weighted by Gasteiger charge is 2.30. The van der Waals surface area contributed by atoms with Crippen molar-refractivity contribution in [1.82, 2.24) is 16.0 Å². The number of carboxylic acids is 1. The van der Waals surface area contributed by atoms with Crippen LogP contribution in [0.25, 0.3) is 0 Å². The number of nitrogens with one attached hydrogen (secondary N) is 3. The largest absolute Gasteiger partial charge is 0.481 e. The van der Waals surface area contributed by atoms with Crippen LogP contribution in [0.5, 0.6) is 0 Å². The van der Waals surface area contributed by atoms with Gasteiger partial charge in [-0.3, -0.25) is 37.5 Å².